The molecule has 0 aromatic carbocycles. The molecule has 2 nitrogen and oxygen atoms in total. The summed E-state index contributed by atoms with van der Waals surface area (Å²) in [7, 11) is 0. The van der Waals surface area contributed by atoms with Gasteiger partial charge in [-0.15, -0.1) is 0 Å². The summed E-state index contributed by atoms with van der Waals surface area (Å²) in [5.74, 6) is 0.808. The molecule has 1 aliphatic heterocycles. The van der Waals surface area contributed by atoms with Crippen molar-refractivity contribution in [2.75, 3.05) is 0 Å². The largest absolute Gasteiger partial charge is 0.371 e. The zero-order valence-corrected chi connectivity index (χ0v) is 10.4. The van der Waals surface area contributed by atoms with Gasteiger partial charge in [-0.2, -0.15) is 0 Å². The molecule has 1 saturated heterocycles. The molecule has 0 radical (unpaired) electrons. The Hall–Kier alpha value is -0.890. The van der Waals surface area contributed by atoms with Gasteiger partial charge in [0.2, 0.25) is 0 Å². The summed E-state index contributed by atoms with van der Waals surface area (Å²) >= 11 is 0. The number of hydrogen-bond donors (Lipinski definition) is 0. The lowest BCUT2D eigenvalue weighted by Gasteiger charge is -2.33. The summed E-state index contributed by atoms with van der Waals surface area (Å²) in [6.45, 7) is 6.49. The van der Waals surface area contributed by atoms with Gasteiger partial charge in [-0.1, -0.05) is 13.3 Å². The third kappa shape index (κ3) is 2.62. The van der Waals surface area contributed by atoms with E-state index in [4.69, 9.17) is 4.74 Å². The van der Waals surface area contributed by atoms with Gasteiger partial charge in [0.1, 0.15) is 0 Å². The zero-order valence-electron chi connectivity index (χ0n) is 10.4. The summed E-state index contributed by atoms with van der Waals surface area (Å²) in [5, 5.41) is 0. The molecule has 1 aromatic rings. The van der Waals surface area contributed by atoms with Crippen LogP contribution in [0.1, 0.15) is 50.5 Å². The molecular formula is C14H21NO. The molecule has 1 aliphatic rings. The predicted molar refractivity (Wildman–Crippen MR) is 65.3 cm³/mol. The standard InChI is InChI=1S/C14H21NO/c1-4-12-8-11(3)16-14(9-12)13-5-6-15-10(2)7-13/h5-7,11-12,14H,4,8-9H2,1-3H3. The third-order valence-electron chi connectivity index (χ3n) is 3.48. The molecule has 16 heavy (non-hydrogen) atoms. The fraction of sp³-hybridized carbons (Fsp3) is 0.643. The highest BCUT2D eigenvalue weighted by molar-refractivity contribution is 5.18. The van der Waals surface area contributed by atoms with Crippen LogP contribution in [0.15, 0.2) is 18.3 Å². The van der Waals surface area contributed by atoms with Gasteiger partial charge in [0, 0.05) is 11.9 Å². The first-order valence-corrected chi connectivity index (χ1v) is 6.27. The average Bonchev–Trinajstić information content (AvgIpc) is 2.28. The Balaban J connectivity index is 2.14. The maximum absolute atomic E-state index is 6.03. The van der Waals surface area contributed by atoms with Crippen LogP contribution in [0, 0.1) is 12.8 Å². The molecule has 3 unspecified atom stereocenters. The summed E-state index contributed by atoms with van der Waals surface area (Å²) < 4.78 is 6.03. The van der Waals surface area contributed by atoms with E-state index in [2.05, 4.69) is 31.0 Å². The summed E-state index contributed by atoms with van der Waals surface area (Å²) in [5.41, 5.74) is 2.37. The van der Waals surface area contributed by atoms with Crippen LogP contribution >= 0.6 is 0 Å². The number of rotatable bonds is 2. The number of aryl methyl sites for hydroxylation is 1. The van der Waals surface area contributed by atoms with Crippen molar-refractivity contribution in [3.63, 3.8) is 0 Å². The molecule has 0 saturated carbocycles. The van der Waals surface area contributed by atoms with Gasteiger partial charge in [-0.25, -0.2) is 0 Å². The maximum atomic E-state index is 6.03. The lowest BCUT2D eigenvalue weighted by Crippen LogP contribution is -2.25. The van der Waals surface area contributed by atoms with E-state index >= 15 is 0 Å². The topological polar surface area (TPSA) is 22.1 Å². The van der Waals surface area contributed by atoms with Crippen molar-refractivity contribution in [2.45, 2.75) is 52.2 Å². The van der Waals surface area contributed by atoms with Gasteiger partial charge >= 0.3 is 0 Å². The van der Waals surface area contributed by atoms with E-state index in [1.54, 1.807) is 0 Å². The van der Waals surface area contributed by atoms with E-state index in [1.165, 1.54) is 18.4 Å². The monoisotopic (exact) mass is 219 g/mol. The van der Waals surface area contributed by atoms with E-state index in [-0.39, 0.29) is 6.10 Å². The number of ether oxygens (including phenoxy) is 1. The van der Waals surface area contributed by atoms with Crippen LogP contribution in [0.5, 0.6) is 0 Å². The molecule has 0 N–H and O–H groups in total. The van der Waals surface area contributed by atoms with Crippen molar-refractivity contribution in [3.05, 3.63) is 29.6 Å². The van der Waals surface area contributed by atoms with Gasteiger partial charge < -0.3 is 4.74 Å². The Bertz CT molecular complexity index is 350. The minimum Gasteiger partial charge on any atom is -0.371 e. The van der Waals surface area contributed by atoms with Crippen LogP contribution in [0.3, 0.4) is 0 Å². The Morgan fingerprint density at radius 2 is 2.25 bits per heavy atom. The van der Waals surface area contributed by atoms with Crippen LogP contribution < -0.4 is 0 Å². The molecule has 0 aliphatic carbocycles. The Kier molecular flexibility index (Phi) is 3.59. The zero-order chi connectivity index (χ0) is 11.5. The predicted octanol–water partition coefficient (Wildman–Crippen LogP) is 3.66. The van der Waals surface area contributed by atoms with E-state index in [0.717, 1.165) is 18.0 Å². The van der Waals surface area contributed by atoms with Crippen molar-refractivity contribution in [2.24, 2.45) is 5.92 Å². The fourth-order valence-corrected chi connectivity index (χ4v) is 2.58. The SMILES string of the molecule is CCC1CC(C)OC(c2ccnc(C)c2)C1. The van der Waals surface area contributed by atoms with Crippen molar-refractivity contribution < 1.29 is 4.74 Å². The van der Waals surface area contributed by atoms with Crippen molar-refractivity contribution in [3.8, 4) is 0 Å². The summed E-state index contributed by atoms with van der Waals surface area (Å²) in [6.07, 6.45) is 6.16. The maximum Gasteiger partial charge on any atom is 0.0832 e. The highest BCUT2D eigenvalue weighted by Crippen LogP contribution is 2.36. The summed E-state index contributed by atoms with van der Waals surface area (Å²) in [6, 6.07) is 4.23. The Morgan fingerprint density at radius 1 is 1.44 bits per heavy atom. The van der Waals surface area contributed by atoms with Gasteiger partial charge in [0.15, 0.2) is 0 Å². The van der Waals surface area contributed by atoms with E-state index in [1.807, 2.05) is 13.1 Å². The smallest absolute Gasteiger partial charge is 0.0832 e. The van der Waals surface area contributed by atoms with Crippen LogP contribution in [-0.4, -0.2) is 11.1 Å². The quantitative estimate of drug-likeness (QED) is 0.757. The van der Waals surface area contributed by atoms with Gasteiger partial charge in [0.05, 0.1) is 12.2 Å². The molecule has 0 amide bonds. The highest BCUT2D eigenvalue weighted by atomic mass is 16.5. The second kappa shape index (κ2) is 4.96. The normalized spacial score (nSPS) is 30.3. The third-order valence-corrected chi connectivity index (χ3v) is 3.48. The van der Waals surface area contributed by atoms with Gasteiger partial charge in [-0.3, -0.25) is 4.98 Å². The number of hydrogen-bond acceptors (Lipinski definition) is 2. The van der Waals surface area contributed by atoms with Crippen LogP contribution in [0.4, 0.5) is 0 Å². The van der Waals surface area contributed by atoms with Crippen LogP contribution in [0.2, 0.25) is 0 Å². The number of nitrogens with zero attached hydrogens (tertiary/aromatic N) is 1. The first-order chi connectivity index (χ1) is 7.69. The minimum absolute atomic E-state index is 0.274. The average molecular weight is 219 g/mol. The minimum atomic E-state index is 0.274. The number of pyridine rings is 1. The molecule has 1 fully saturated rings. The lowest BCUT2D eigenvalue weighted by atomic mass is 9.87. The molecule has 0 bridgehead atoms. The molecular weight excluding hydrogens is 198 g/mol. The molecule has 0 spiro atoms. The molecule has 2 heteroatoms. The van der Waals surface area contributed by atoms with Crippen LogP contribution in [0.25, 0.3) is 0 Å². The summed E-state index contributed by atoms with van der Waals surface area (Å²) in [4.78, 5) is 4.24. The van der Waals surface area contributed by atoms with Crippen molar-refractivity contribution in [1.82, 2.24) is 4.98 Å². The van der Waals surface area contributed by atoms with Crippen LogP contribution in [-0.2, 0) is 4.74 Å². The lowest BCUT2D eigenvalue weighted by molar-refractivity contribution is -0.0644. The second-order valence-electron chi connectivity index (χ2n) is 4.91. The molecule has 88 valence electrons. The van der Waals surface area contributed by atoms with E-state index in [0.29, 0.717) is 6.10 Å². The second-order valence-corrected chi connectivity index (χ2v) is 4.91. The highest BCUT2D eigenvalue weighted by Gasteiger charge is 2.27. The van der Waals surface area contributed by atoms with Gasteiger partial charge in [0.25, 0.3) is 0 Å². The fourth-order valence-electron chi connectivity index (χ4n) is 2.58. The Labute approximate surface area is 98.0 Å². The number of aromatic nitrogens is 1. The molecule has 3 atom stereocenters. The first kappa shape index (κ1) is 11.6. The van der Waals surface area contributed by atoms with E-state index in [9.17, 15) is 0 Å². The van der Waals surface area contributed by atoms with Crippen molar-refractivity contribution >= 4 is 0 Å². The first-order valence-electron chi connectivity index (χ1n) is 6.27. The van der Waals surface area contributed by atoms with E-state index < -0.39 is 0 Å². The molecule has 2 rings (SSSR count). The van der Waals surface area contributed by atoms with Crippen molar-refractivity contribution in [1.29, 1.82) is 0 Å². The molecule has 1 aromatic heterocycles. The Morgan fingerprint density at radius 3 is 2.94 bits per heavy atom. The van der Waals surface area contributed by atoms with Gasteiger partial charge in [-0.05, 0) is 50.3 Å². The molecule has 2 heterocycles.